The summed E-state index contributed by atoms with van der Waals surface area (Å²) in [5, 5.41) is 14.0. The van der Waals surface area contributed by atoms with E-state index in [2.05, 4.69) is 14.8 Å². The van der Waals surface area contributed by atoms with Gasteiger partial charge in [-0.25, -0.2) is 4.79 Å². The van der Waals surface area contributed by atoms with E-state index in [9.17, 15) is 23.7 Å². The molecule has 1 N–H and O–H groups in total. The van der Waals surface area contributed by atoms with Gasteiger partial charge in [0.15, 0.2) is 0 Å². The van der Waals surface area contributed by atoms with Gasteiger partial charge < -0.3 is 14.8 Å². The molecule has 0 amide bonds. The normalized spacial score (nSPS) is 17.2. The standard InChI is InChI=1S/C15H14F2N2O5/c1-8-12(14(20)23-2)13(10(7-18-8)19(21)22)9-5-3-4-6-11(9)24-15(16)17/h3-7,13,15,18H,1-2H3. The maximum atomic E-state index is 12.6. The number of esters is 1. The Labute approximate surface area is 135 Å². The van der Waals surface area contributed by atoms with Crippen LogP contribution in [0.3, 0.4) is 0 Å². The smallest absolute Gasteiger partial charge is 0.387 e. The van der Waals surface area contributed by atoms with Crippen LogP contribution in [0, 0.1) is 10.1 Å². The number of hydrogen-bond donors (Lipinski definition) is 1. The van der Waals surface area contributed by atoms with Gasteiger partial charge in [-0.3, -0.25) is 10.1 Å². The first-order chi connectivity index (χ1) is 11.4. The quantitative estimate of drug-likeness (QED) is 0.503. The Balaban J connectivity index is 2.64. The summed E-state index contributed by atoms with van der Waals surface area (Å²) in [6.45, 7) is -1.58. The first-order valence-electron chi connectivity index (χ1n) is 6.80. The maximum Gasteiger partial charge on any atom is 0.387 e. The van der Waals surface area contributed by atoms with Gasteiger partial charge >= 0.3 is 12.6 Å². The topological polar surface area (TPSA) is 90.7 Å². The second-order valence-electron chi connectivity index (χ2n) is 4.85. The molecule has 1 atom stereocenters. The third-order valence-electron chi connectivity index (χ3n) is 3.49. The first-order valence-corrected chi connectivity index (χ1v) is 6.80. The Hall–Kier alpha value is -2.97. The van der Waals surface area contributed by atoms with Gasteiger partial charge in [-0.15, -0.1) is 0 Å². The Morgan fingerprint density at radius 2 is 2.04 bits per heavy atom. The van der Waals surface area contributed by atoms with E-state index in [1.54, 1.807) is 0 Å². The molecule has 0 saturated heterocycles. The lowest BCUT2D eigenvalue weighted by Gasteiger charge is -2.24. The molecule has 1 aromatic carbocycles. The van der Waals surface area contributed by atoms with Gasteiger partial charge in [0.1, 0.15) is 11.7 Å². The predicted molar refractivity (Wildman–Crippen MR) is 78.7 cm³/mol. The average molecular weight is 340 g/mol. The highest BCUT2D eigenvalue weighted by atomic mass is 19.3. The van der Waals surface area contributed by atoms with Crippen molar-refractivity contribution in [1.29, 1.82) is 0 Å². The van der Waals surface area contributed by atoms with Gasteiger partial charge in [0.2, 0.25) is 0 Å². The van der Waals surface area contributed by atoms with Crippen molar-refractivity contribution in [2.45, 2.75) is 19.5 Å². The average Bonchev–Trinajstić information content (AvgIpc) is 2.53. The van der Waals surface area contributed by atoms with Crippen molar-refractivity contribution >= 4 is 5.97 Å². The van der Waals surface area contributed by atoms with Crippen molar-refractivity contribution in [3.63, 3.8) is 0 Å². The van der Waals surface area contributed by atoms with E-state index in [1.165, 1.54) is 31.2 Å². The largest absolute Gasteiger partial charge is 0.466 e. The van der Waals surface area contributed by atoms with Crippen LogP contribution >= 0.6 is 0 Å². The molecule has 0 aliphatic carbocycles. The minimum Gasteiger partial charge on any atom is -0.466 e. The number of methoxy groups -OCH3 is 1. The van der Waals surface area contributed by atoms with Gasteiger partial charge in [0.05, 0.1) is 23.8 Å². The zero-order valence-corrected chi connectivity index (χ0v) is 12.8. The van der Waals surface area contributed by atoms with Crippen LogP contribution in [-0.2, 0) is 9.53 Å². The number of hydrogen-bond acceptors (Lipinski definition) is 6. The van der Waals surface area contributed by atoms with Crippen molar-refractivity contribution in [3.8, 4) is 5.75 Å². The van der Waals surface area contributed by atoms with Gasteiger partial charge in [0.25, 0.3) is 5.70 Å². The molecule has 24 heavy (non-hydrogen) atoms. The Kier molecular flexibility index (Phi) is 5.12. The molecule has 0 aromatic heterocycles. The van der Waals surface area contributed by atoms with E-state index in [0.29, 0.717) is 5.70 Å². The second-order valence-corrected chi connectivity index (χ2v) is 4.85. The summed E-state index contributed by atoms with van der Waals surface area (Å²) < 4.78 is 34.4. The molecule has 0 radical (unpaired) electrons. The summed E-state index contributed by atoms with van der Waals surface area (Å²) in [6.07, 6.45) is 1.12. The maximum absolute atomic E-state index is 12.6. The number of alkyl halides is 2. The van der Waals surface area contributed by atoms with Crippen molar-refractivity contribution < 1.29 is 28.0 Å². The second kappa shape index (κ2) is 7.07. The molecule has 1 aliphatic rings. The Morgan fingerprint density at radius 3 is 2.62 bits per heavy atom. The lowest BCUT2D eigenvalue weighted by atomic mass is 9.85. The molecular weight excluding hydrogens is 326 g/mol. The number of ether oxygens (including phenoxy) is 2. The van der Waals surface area contributed by atoms with E-state index < -0.39 is 23.4 Å². The summed E-state index contributed by atoms with van der Waals surface area (Å²) in [6, 6.07) is 5.61. The van der Waals surface area contributed by atoms with E-state index in [4.69, 9.17) is 0 Å². The van der Waals surface area contributed by atoms with Crippen LogP contribution < -0.4 is 10.1 Å². The zero-order valence-electron chi connectivity index (χ0n) is 12.8. The molecule has 9 heteroatoms. The number of carbonyl (C=O) groups excluding carboxylic acids is 1. The molecule has 0 spiro atoms. The van der Waals surface area contributed by atoms with E-state index >= 15 is 0 Å². The number of nitro groups is 1. The molecule has 0 bridgehead atoms. The number of rotatable bonds is 5. The third-order valence-corrected chi connectivity index (χ3v) is 3.49. The number of halogens is 2. The molecule has 0 fully saturated rings. The van der Waals surface area contributed by atoms with Crippen LogP contribution in [0.25, 0.3) is 0 Å². The summed E-state index contributed by atoms with van der Waals surface area (Å²) in [4.78, 5) is 22.8. The van der Waals surface area contributed by atoms with Crippen molar-refractivity contribution in [2.75, 3.05) is 7.11 Å². The summed E-state index contributed by atoms with van der Waals surface area (Å²) >= 11 is 0. The van der Waals surface area contributed by atoms with E-state index in [1.807, 2.05) is 0 Å². The van der Waals surface area contributed by atoms with E-state index in [0.717, 1.165) is 13.3 Å². The molecular formula is C15H14F2N2O5. The number of allylic oxidation sites excluding steroid dienone is 2. The van der Waals surface area contributed by atoms with E-state index in [-0.39, 0.29) is 22.6 Å². The number of nitrogens with one attached hydrogen (secondary N) is 1. The minimum atomic E-state index is -3.11. The molecule has 1 unspecified atom stereocenters. The van der Waals surface area contributed by atoms with Crippen LogP contribution in [0.5, 0.6) is 5.75 Å². The fourth-order valence-electron chi connectivity index (χ4n) is 2.48. The van der Waals surface area contributed by atoms with Crippen molar-refractivity contribution in [3.05, 3.63) is 63.1 Å². The van der Waals surface area contributed by atoms with Crippen LogP contribution in [0.2, 0.25) is 0 Å². The highest BCUT2D eigenvalue weighted by Crippen LogP contribution is 2.40. The summed E-state index contributed by atoms with van der Waals surface area (Å²) in [5.74, 6) is -2.26. The molecule has 7 nitrogen and oxygen atoms in total. The lowest BCUT2D eigenvalue weighted by molar-refractivity contribution is -0.429. The minimum absolute atomic E-state index is 0.0444. The fourth-order valence-corrected chi connectivity index (χ4v) is 2.48. The Bertz CT molecular complexity index is 730. The number of carbonyl (C=O) groups is 1. The highest BCUT2D eigenvalue weighted by molar-refractivity contribution is 5.92. The lowest BCUT2D eigenvalue weighted by Crippen LogP contribution is -2.28. The molecule has 1 aromatic rings. The number of dihydropyridines is 1. The molecule has 2 rings (SSSR count). The van der Waals surface area contributed by atoms with Crippen molar-refractivity contribution in [2.24, 2.45) is 0 Å². The monoisotopic (exact) mass is 340 g/mol. The first kappa shape index (κ1) is 17.4. The molecule has 0 saturated carbocycles. The molecule has 1 aliphatic heterocycles. The van der Waals surface area contributed by atoms with Crippen LogP contribution in [0.15, 0.2) is 47.4 Å². The molecule has 1 heterocycles. The SMILES string of the molecule is COC(=O)C1=C(C)NC=C([N+](=O)[O-])C1c1ccccc1OC(F)F. The fraction of sp³-hybridized carbons (Fsp3) is 0.267. The van der Waals surface area contributed by atoms with Crippen LogP contribution in [-0.4, -0.2) is 24.6 Å². The summed E-state index contributed by atoms with van der Waals surface area (Å²) in [5.41, 5.74) is -0.0327. The highest BCUT2D eigenvalue weighted by Gasteiger charge is 2.40. The number of benzene rings is 1. The summed E-state index contributed by atoms with van der Waals surface area (Å²) in [7, 11) is 1.13. The van der Waals surface area contributed by atoms with Crippen molar-refractivity contribution in [1.82, 2.24) is 5.32 Å². The number of nitrogens with zero attached hydrogens (tertiary/aromatic N) is 1. The number of para-hydroxylation sites is 1. The van der Waals surface area contributed by atoms with Crippen LogP contribution in [0.4, 0.5) is 8.78 Å². The van der Waals surface area contributed by atoms with Crippen LogP contribution in [0.1, 0.15) is 18.4 Å². The van der Waals surface area contributed by atoms with Gasteiger partial charge in [-0.2, -0.15) is 8.78 Å². The van der Waals surface area contributed by atoms with Gasteiger partial charge in [-0.1, -0.05) is 18.2 Å². The molecule has 128 valence electrons. The third kappa shape index (κ3) is 3.34. The predicted octanol–water partition coefficient (Wildman–Crippen LogP) is 2.54. The van der Waals surface area contributed by atoms with Gasteiger partial charge in [0, 0.05) is 11.3 Å². The Morgan fingerprint density at radius 1 is 1.38 bits per heavy atom. The van der Waals surface area contributed by atoms with Gasteiger partial charge in [-0.05, 0) is 13.0 Å². The zero-order chi connectivity index (χ0) is 17.9.